The maximum absolute atomic E-state index is 6.48. The van der Waals surface area contributed by atoms with E-state index < -0.39 is 0 Å². The third-order valence-corrected chi connectivity index (χ3v) is 12.3. The Balaban J connectivity index is 0.915. The molecule has 4 heterocycles. The lowest BCUT2D eigenvalue weighted by atomic mass is 9.95. The van der Waals surface area contributed by atoms with E-state index in [1.807, 2.05) is 23.9 Å². The molecule has 0 atom stereocenters. The Labute approximate surface area is 339 Å². The molecule has 2 aliphatic heterocycles. The van der Waals surface area contributed by atoms with E-state index in [0.717, 1.165) is 57.0 Å². The Morgan fingerprint density at radius 3 is 1.62 bits per heavy atom. The number of nitrogens with zero attached hydrogens (tertiary/aromatic N) is 5. The van der Waals surface area contributed by atoms with E-state index in [4.69, 9.17) is 14.4 Å². The second kappa shape index (κ2) is 13.1. The van der Waals surface area contributed by atoms with Crippen molar-refractivity contribution in [1.29, 1.82) is 0 Å². The van der Waals surface area contributed by atoms with Gasteiger partial charge in [0.15, 0.2) is 5.58 Å². The molecule has 6 nitrogen and oxygen atoms in total. The highest BCUT2D eigenvalue weighted by Gasteiger charge is 2.26. The van der Waals surface area contributed by atoms with Crippen LogP contribution in [0.1, 0.15) is 11.1 Å². The van der Waals surface area contributed by atoms with Crippen LogP contribution < -0.4 is 9.80 Å². The molecule has 0 saturated carbocycles. The average Bonchev–Trinajstić information content (AvgIpc) is 3.88. The second-order valence-corrected chi connectivity index (χ2v) is 15.8. The van der Waals surface area contributed by atoms with Crippen LogP contribution in [0.3, 0.4) is 0 Å². The van der Waals surface area contributed by atoms with Gasteiger partial charge in [0.2, 0.25) is 5.89 Å². The average molecular weight is 764 g/mol. The number of para-hydroxylation sites is 5. The summed E-state index contributed by atoms with van der Waals surface area (Å²) in [5.41, 5.74) is 15.9. The van der Waals surface area contributed by atoms with Gasteiger partial charge in [0.25, 0.3) is 0 Å². The van der Waals surface area contributed by atoms with Crippen molar-refractivity contribution in [2.45, 2.75) is 16.2 Å². The van der Waals surface area contributed by atoms with Crippen molar-refractivity contribution in [2.75, 3.05) is 9.80 Å². The van der Waals surface area contributed by atoms with Crippen LogP contribution in [-0.4, -0.2) is 14.5 Å². The first-order chi connectivity index (χ1) is 28.7. The number of hydrogen-bond donors (Lipinski definition) is 0. The molecule has 0 radical (unpaired) electrons. The van der Waals surface area contributed by atoms with Crippen molar-refractivity contribution < 1.29 is 4.42 Å². The van der Waals surface area contributed by atoms with Gasteiger partial charge in [-0.2, -0.15) is 0 Å². The van der Waals surface area contributed by atoms with Crippen molar-refractivity contribution in [2.24, 2.45) is 0 Å². The highest BCUT2D eigenvalue weighted by Crippen LogP contribution is 2.51. The van der Waals surface area contributed by atoms with Gasteiger partial charge in [-0.1, -0.05) is 90.6 Å². The molecule has 0 spiro atoms. The standard InChI is InChI=1S/C51H33N5OS/c1-2-14-37(15-3-1)56-46-31-41-47(57-51(53-41)34-24-28-39(29-25-34)55-44-18-8-10-20-48(44)58-49-21-11-9-19-45(49)55)32-40(46)52-50(56)33-22-26-38(27-23-33)54-42-16-6-4-12-35(42)30-36-13-5-7-17-43(36)54/h1-29,31-32H,30H2. The number of benzene rings is 8. The smallest absolute Gasteiger partial charge is 0.227 e. The fourth-order valence-corrected chi connectivity index (χ4v) is 9.58. The zero-order valence-electron chi connectivity index (χ0n) is 31.2. The topological polar surface area (TPSA) is 50.3 Å². The molecule has 58 heavy (non-hydrogen) atoms. The summed E-state index contributed by atoms with van der Waals surface area (Å²) < 4.78 is 8.71. The Morgan fingerprint density at radius 2 is 0.983 bits per heavy atom. The molecule has 0 saturated heterocycles. The van der Waals surface area contributed by atoms with E-state index in [9.17, 15) is 0 Å². The number of oxazole rings is 1. The first kappa shape index (κ1) is 32.9. The van der Waals surface area contributed by atoms with Crippen molar-refractivity contribution in [3.8, 4) is 28.5 Å². The van der Waals surface area contributed by atoms with Crippen LogP contribution in [0.25, 0.3) is 50.7 Å². The Bertz CT molecular complexity index is 3100. The molecule has 12 rings (SSSR count). The molecule has 0 aliphatic carbocycles. The predicted molar refractivity (Wildman–Crippen MR) is 236 cm³/mol. The molecular weight excluding hydrogens is 731 g/mol. The Hall–Kier alpha value is -7.35. The van der Waals surface area contributed by atoms with Gasteiger partial charge in [-0.05, 0) is 114 Å². The number of aromatic nitrogens is 3. The summed E-state index contributed by atoms with van der Waals surface area (Å²) in [4.78, 5) is 17.5. The summed E-state index contributed by atoms with van der Waals surface area (Å²) in [5.74, 6) is 1.43. The SMILES string of the molecule is c1ccc(-n2c(-c3ccc(N4c5ccccc5Cc5ccccc54)cc3)nc3cc4oc(-c5ccc(N6c7ccccc7Sc7ccccc76)cc5)nc4cc32)cc1. The van der Waals surface area contributed by atoms with Gasteiger partial charge in [0, 0.05) is 61.8 Å². The lowest BCUT2D eigenvalue weighted by Crippen LogP contribution is -2.18. The third kappa shape index (κ3) is 5.28. The molecule has 0 amide bonds. The fourth-order valence-electron chi connectivity index (χ4n) is 8.52. The molecule has 8 aromatic carbocycles. The highest BCUT2D eigenvalue weighted by molar-refractivity contribution is 7.99. The number of anilines is 6. The molecule has 2 aromatic heterocycles. The van der Waals surface area contributed by atoms with Gasteiger partial charge in [0.1, 0.15) is 11.3 Å². The van der Waals surface area contributed by atoms with Gasteiger partial charge in [0.05, 0.1) is 22.4 Å². The van der Waals surface area contributed by atoms with Crippen LogP contribution in [0.2, 0.25) is 0 Å². The van der Waals surface area contributed by atoms with Gasteiger partial charge in [-0.15, -0.1) is 0 Å². The molecular formula is C51H33N5OS. The molecule has 7 heteroatoms. The Morgan fingerprint density at radius 1 is 0.448 bits per heavy atom. The molecule has 10 aromatic rings. The summed E-state index contributed by atoms with van der Waals surface area (Å²) in [6.45, 7) is 0. The molecule has 274 valence electrons. The van der Waals surface area contributed by atoms with Crippen LogP contribution in [0.4, 0.5) is 34.1 Å². The minimum Gasteiger partial charge on any atom is -0.436 e. The van der Waals surface area contributed by atoms with E-state index in [-0.39, 0.29) is 0 Å². The molecule has 2 aliphatic rings. The summed E-state index contributed by atoms with van der Waals surface area (Å²) in [6, 6.07) is 66.3. The van der Waals surface area contributed by atoms with Crippen molar-refractivity contribution >= 4 is 68.0 Å². The zero-order chi connectivity index (χ0) is 38.2. The van der Waals surface area contributed by atoms with Crippen LogP contribution in [-0.2, 0) is 6.42 Å². The largest absolute Gasteiger partial charge is 0.436 e. The van der Waals surface area contributed by atoms with Crippen LogP contribution in [0, 0.1) is 0 Å². The highest BCUT2D eigenvalue weighted by atomic mass is 32.2. The maximum atomic E-state index is 6.48. The number of imidazole rings is 1. The summed E-state index contributed by atoms with van der Waals surface area (Å²) >= 11 is 1.81. The summed E-state index contributed by atoms with van der Waals surface area (Å²) in [6.07, 6.45) is 0.927. The van der Waals surface area contributed by atoms with Gasteiger partial charge in [-0.25, -0.2) is 9.97 Å². The number of hydrogen-bond acceptors (Lipinski definition) is 6. The van der Waals surface area contributed by atoms with Crippen molar-refractivity contribution in [3.05, 3.63) is 199 Å². The first-order valence-electron chi connectivity index (χ1n) is 19.4. The first-order valence-corrected chi connectivity index (χ1v) is 20.3. The summed E-state index contributed by atoms with van der Waals surface area (Å²) in [5, 5.41) is 0. The molecule has 0 unspecified atom stereocenters. The molecule has 0 N–H and O–H groups in total. The monoisotopic (exact) mass is 763 g/mol. The van der Waals surface area contributed by atoms with E-state index in [1.54, 1.807) is 0 Å². The Kier molecular flexibility index (Phi) is 7.43. The van der Waals surface area contributed by atoms with Gasteiger partial charge >= 0.3 is 0 Å². The minimum atomic E-state index is 0.576. The van der Waals surface area contributed by atoms with E-state index in [2.05, 4.69) is 190 Å². The quantitative estimate of drug-likeness (QED) is 0.174. The van der Waals surface area contributed by atoms with E-state index in [1.165, 1.54) is 43.7 Å². The zero-order valence-corrected chi connectivity index (χ0v) is 32.0. The molecule has 0 bridgehead atoms. The lowest BCUT2D eigenvalue weighted by Gasteiger charge is -2.33. The van der Waals surface area contributed by atoms with Crippen molar-refractivity contribution in [3.63, 3.8) is 0 Å². The van der Waals surface area contributed by atoms with Crippen LogP contribution in [0.15, 0.2) is 202 Å². The molecule has 0 fully saturated rings. The third-order valence-electron chi connectivity index (χ3n) is 11.2. The van der Waals surface area contributed by atoms with Crippen LogP contribution in [0.5, 0.6) is 0 Å². The predicted octanol–water partition coefficient (Wildman–Crippen LogP) is 13.8. The van der Waals surface area contributed by atoms with E-state index >= 15 is 0 Å². The fraction of sp³-hybridized carbons (Fsp3) is 0.0196. The maximum Gasteiger partial charge on any atom is 0.227 e. The normalized spacial score (nSPS) is 13.0. The van der Waals surface area contributed by atoms with Gasteiger partial charge in [-0.3, -0.25) is 4.57 Å². The summed E-state index contributed by atoms with van der Waals surface area (Å²) in [7, 11) is 0. The second-order valence-electron chi connectivity index (χ2n) is 14.7. The van der Waals surface area contributed by atoms with E-state index in [0.29, 0.717) is 11.5 Å². The number of rotatable bonds is 5. The van der Waals surface area contributed by atoms with Crippen molar-refractivity contribution in [1.82, 2.24) is 14.5 Å². The number of fused-ring (bicyclic) bond motifs is 6. The van der Waals surface area contributed by atoms with Gasteiger partial charge < -0.3 is 14.2 Å². The minimum absolute atomic E-state index is 0.576. The van der Waals surface area contributed by atoms with Crippen LogP contribution >= 0.6 is 11.8 Å². The lowest BCUT2D eigenvalue weighted by molar-refractivity contribution is 0.620.